The van der Waals surface area contributed by atoms with Crippen molar-refractivity contribution >= 4 is 63.8 Å². The van der Waals surface area contributed by atoms with Gasteiger partial charge in [0.2, 0.25) is 29.5 Å². The number of benzene rings is 2. The minimum absolute atomic E-state index is 0.0285. The van der Waals surface area contributed by atoms with Crippen LogP contribution >= 0.6 is 0 Å². The summed E-state index contributed by atoms with van der Waals surface area (Å²) in [6.45, 7) is 4.61. The second-order valence-electron chi connectivity index (χ2n) is 21.8. The maximum Gasteiger partial charge on any atom is 0.343 e. The lowest BCUT2D eigenvalue weighted by molar-refractivity contribution is -0.172. The molecule has 5 amide bonds. The van der Waals surface area contributed by atoms with E-state index in [0.717, 1.165) is 22.1 Å². The highest BCUT2D eigenvalue weighted by molar-refractivity contribution is 6.03. The Kier molecular flexibility index (Phi) is 18.2. The molecular formula is C59H68FN9O13. The van der Waals surface area contributed by atoms with E-state index in [1.807, 2.05) is 6.07 Å². The molecular weight excluding hydrogens is 1060 g/mol. The summed E-state index contributed by atoms with van der Waals surface area (Å²) in [5.41, 5.74) is 8.77. The van der Waals surface area contributed by atoms with Crippen molar-refractivity contribution in [1.29, 1.82) is 0 Å². The first-order chi connectivity index (χ1) is 39.3. The number of esters is 1. The van der Waals surface area contributed by atoms with Gasteiger partial charge in [0.25, 0.3) is 5.56 Å². The number of hydrogen-bond donors (Lipinski definition) is 6. The minimum atomic E-state index is -2.04. The van der Waals surface area contributed by atoms with Crippen LogP contribution in [0.4, 0.5) is 4.39 Å². The van der Waals surface area contributed by atoms with Crippen molar-refractivity contribution < 1.29 is 62.1 Å². The molecule has 9 rings (SSSR count). The Bertz CT molecular complexity index is 3350. The number of rotatable bonds is 27. The van der Waals surface area contributed by atoms with E-state index in [1.54, 1.807) is 57.3 Å². The largest absolute Gasteiger partial charge is 0.458 e. The molecule has 0 bridgehead atoms. The van der Waals surface area contributed by atoms with Crippen LogP contribution < -0.4 is 32.5 Å². The normalized spacial score (nSPS) is 19.0. The molecule has 0 spiro atoms. The number of fused-ring (bicyclic) bond motifs is 5. The van der Waals surface area contributed by atoms with Crippen molar-refractivity contribution in [3.63, 3.8) is 0 Å². The van der Waals surface area contributed by atoms with Gasteiger partial charge >= 0.3 is 5.97 Å². The van der Waals surface area contributed by atoms with Crippen molar-refractivity contribution in [3.05, 3.63) is 109 Å². The number of cyclic esters (lactones) is 1. The quantitative estimate of drug-likeness (QED) is 0.0190. The van der Waals surface area contributed by atoms with Crippen molar-refractivity contribution in [2.45, 2.75) is 141 Å². The summed E-state index contributed by atoms with van der Waals surface area (Å²) in [4.78, 5) is 136. The number of carbonyl (C=O) groups is 9. The summed E-state index contributed by atoms with van der Waals surface area (Å²) in [7, 11) is 0. The highest BCUT2D eigenvalue weighted by Crippen LogP contribution is 2.47. The maximum absolute atomic E-state index is 15.4. The monoisotopic (exact) mass is 1130 g/mol. The molecule has 434 valence electrons. The van der Waals surface area contributed by atoms with Crippen molar-refractivity contribution in [3.8, 4) is 11.4 Å². The zero-order chi connectivity index (χ0) is 58.4. The number of nitrogens with one attached hydrogen (secondary N) is 5. The van der Waals surface area contributed by atoms with Gasteiger partial charge in [-0.15, -0.1) is 5.53 Å². The molecule has 2 aromatic heterocycles. The lowest BCUT2D eigenvalue weighted by Gasteiger charge is -2.31. The van der Waals surface area contributed by atoms with E-state index in [4.69, 9.17) is 14.5 Å². The molecule has 0 saturated carbocycles. The molecule has 0 radical (unpaired) electrons. The van der Waals surface area contributed by atoms with E-state index in [-0.39, 0.29) is 150 Å². The Morgan fingerprint density at radius 3 is 2.45 bits per heavy atom. The van der Waals surface area contributed by atoms with Crippen LogP contribution in [0.25, 0.3) is 22.3 Å². The van der Waals surface area contributed by atoms with Gasteiger partial charge in [0.15, 0.2) is 23.0 Å². The standard InChI is InChI=1S/C59H68FN9O13/c1-4-59(80)43-24-47-55-41(29-69(47)57(78)42(43)31-82-58(59)79)53-36(14-16-40-34(3)44(60)25-46(64-55)54(40)53)23-39(71)30-81-32-62-50(74)19-17-48(72)45(22-35-11-7-5-8-12-35)63-51(75)18-15-38(70)28-67-27-37(65-66-67)26-61-49(73)13-9-6-10-20-68-52(76)21-33(2)56(68)77/h5,7-8,11-12,24-25,27,33,36,45,65-66,80H,4,6,9-10,13-23,26,28-32H2,1-3H3,(H,61,73)(H,62,74)(H,63,75)/t33?,36-,45+,59+/m1/s1. The van der Waals surface area contributed by atoms with Gasteiger partial charge < -0.3 is 40.5 Å². The van der Waals surface area contributed by atoms with Crippen LogP contribution in [0.15, 0.2) is 59.2 Å². The van der Waals surface area contributed by atoms with E-state index in [1.165, 1.54) is 20.5 Å². The van der Waals surface area contributed by atoms with E-state index in [2.05, 4.69) is 26.9 Å². The average molecular weight is 1130 g/mol. The second kappa shape index (κ2) is 25.4. The van der Waals surface area contributed by atoms with Gasteiger partial charge in [0, 0.05) is 86.2 Å². The summed E-state index contributed by atoms with van der Waals surface area (Å²) in [5, 5.41) is 21.7. The number of pyridine rings is 2. The van der Waals surface area contributed by atoms with Gasteiger partial charge in [-0.1, -0.05) is 50.6 Å². The van der Waals surface area contributed by atoms with Crippen LogP contribution in [0.5, 0.6) is 0 Å². The lowest BCUT2D eigenvalue weighted by atomic mass is 9.76. The van der Waals surface area contributed by atoms with E-state index >= 15 is 4.39 Å². The fraction of sp³-hybridized carbons (Fsp3) is 0.475. The van der Waals surface area contributed by atoms with Gasteiger partial charge in [-0.3, -0.25) is 53.1 Å². The zero-order valence-electron chi connectivity index (χ0n) is 46.2. The molecule has 1 aliphatic carbocycles. The number of aryl methyl sites for hydroxylation is 1. The first kappa shape index (κ1) is 58.6. The third-order valence-electron chi connectivity index (χ3n) is 16.1. The van der Waals surface area contributed by atoms with Gasteiger partial charge in [0.1, 0.15) is 25.8 Å². The number of likely N-dealkylation sites (tertiary alicyclic amines) is 1. The van der Waals surface area contributed by atoms with Crippen molar-refractivity contribution in [2.24, 2.45) is 5.92 Å². The number of Topliss-reactive ketones (excluding diaryl/α,β-unsaturated/α-hetero) is 3. The first-order valence-electron chi connectivity index (χ1n) is 28.0. The average Bonchev–Trinajstić information content (AvgIpc) is 4.17. The summed E-state index contributed by atoms with van der Waals surface area (Å²) < 4.78 is 27.8. The van der Waals surface area contributed by atoms with Crippen LogP contribution in [0.3, 0.4) is 0 Å². The fourth-order valence-electron chi connectivity index (χ4n) is 11.5. The third-order valence-corrected chi connectivity index (χ3v) is 16.1. The van der Waals surface area contributed by atoms with Crippen LogP contribution in [-0.4, -0.2) is 116 Å². The molecule has 1 unspecified atom stereocenters. The van der Waals surface area contributed by atoms with Gasteiger partial charge in [-0.2, -0.15) is 0 Å². The summed E-state index contributed by atoms with van der Waals surface area (Å²) >= 11 is 0. The summed E-state index contributed by atoms with van der Waals surface area (Å²) in [6, 6.07) is 11.0. The Morgan fingerprint density at radius 1 is 0.927 bits per heavy atom. The second-order valence-corrected chi connectivity index (χ2v) is 21.8. The molecule has 23 heteroatoms. The number of aromatic nitrogens is 2. The zero-order valence-corrected chi connectivity index (χ0v) is 46.2. The van der Waals surface area contributed by atoms with E-state index < -0.39 is 46.6 Å². The topological polar surface area (TPSA) is 294 Å². The van der Waals surface area contributed by atoms with Crippen LogP contribution in [-0.2, 0) is 84.2 Å². The number of unbranched alkanes of at least 4 members (excludes halogenated alkanes) is 2. The summed E-state index contributed by atoms with van der Waals surface area (Å²) in [5.74, 6) is -4.42. The first-order valence-corrected chi connectivity index (χ1v) is 28.0. The lowest BCUT2D eigenvalue weighted by Crippen LogP contribution is -2.44. The number of ether oxygens (including phenoxy) is 2. The molecule has 5 aliphatic rings. The number of hydrazine groups is 2. The highest BCUT2D eigenvalue weighted by atomic mass is 19.1. The number of amides is 5. The molecule has 4 aliphatic heterocycles. The highest BCUT2D eigenvalue weighted by Gasteiger charge is 2.46. The molecule has 4 aromatic rings. The fourth-order valence-corrected chi connectivity index (χ4v) is 11.5. The number of hydrogen-bond acceptors (Lipinski definition) is 17. The SMILES string of the molecule is CC[C@@]1(O)C(=O)OCc2c1cc1n(c2=O)Cc2c-1nc1cc(F)c(C)c3c1c2[C@@H](CC(=O)COCNC(=O)CCC(=O)[C@H](Cc1ccccc1)NC(=O)CCC(=O)CN1C=C(CNC(=O)CCCCCN2C(=O)CC(C)C2=O)NN1)CC3. The number of halogens is 1. The predicted molar refractivity (Wildman–Crippen MR) is 292 cm³/mol. The van der Waals surface area contributed by atoms with Crippen molar-refractivity contribution in [1.82, 2.24) is 46.4 Å². The molecule has 6 heterocycles. The molecule has 22 nitrogen and oxygen atoms in total. The molecule has 1 fully saturated rings. The molecule has 82 heavy (non-hydrogen) atoms. The molecule has 4 atom stereocenters. The van der Waals surface area contributed by atoms with E-state index in [9.17, 15) is 53.1 Å². The summed E-state index contributed by atoms with van der Waals surface area (Å²) in [6.07, 6.45) is 4.35. The molecule has 1 saturated heterocycles. The Morgan fingerprint density at radius 2 is 1.70 bits per heavy atom. The van der Waals surface area contributed by atoms with Gasteiger partial charge in [-0.05, 0) is 79.7 Å². The number of carbonyl (C=O) groups excluding carboxylic acids is 9. The van der Waals surface area contributed by atoms with Crippen LogP contribution in [0.1, 0.15) is 136 Å². The Balaban J connectivity index is 0.717. The predicted octanol–water partition coefficient (Wildman–Crippen LogP) is 3.27. The van der Waals surface area contributed by atoms with E-state index in [0.29, 0.717) is 72.4 Å². The van der Waals surface area contributed by atoms with Gasteiger partial charge in [-0.25, -0.2) is 14.2 Å². The smallest absolute Gasteiger partial charge is 0.343 e. The number of ketones is 3. The van der Waals surface area contributed by atoms with Crippen LogP contribution in [0, 0.1) is 18.7 Å². The molecule has 6 N–H and O–H groups in total. The van der Waals surface area contributed by atoms with Gasteiger partial charge in [0.05, 0.1) is 53.8 Å². The number of nitrogens with zero attached hydrogens (tertiary/aromatic N) is 4. The Hall–Kier alpha value is -8.02. The Labute approximate surface area is 471 Å². The van der Waals surface area contributed by atoms with Crippen molar-refractivity contribution in [2.75, 3.05) is 33.0 Å². The number of imide groups is 1. The third kappa shape index (κ3) is 12.9. The molecule has 2 aromatic carbocycles. The minimum Gasteiger partial charge on any atom is -0.458 e. The van der Waals surface area contributed by atoms with Crippen LogP contribution in [0.2, 0.25) is 0 Å². The maximum atomic E-state index is 15.4. The number of aliphatic hydroxyl groups is 1.